The SMILES string of the molecule is CCn1cc(N2CCN(OC(=O)C(C)(C)C)CC2=O)c2ccc(OCc3ccccn3)nc21. The van der Waals surface area contributed by atoms with Gasteiger partial charge in [0.15, 0.2) is 0 Å². The minimum atomic E-state index is -0.628. The van der Waals surface area contributed by atoms with Crippen LogP contribution in [-0.4, -0.2) is 51.1 Å². The van der Waals surface area contributed by atoms with Gasteiger partial charge in [-0.2, -0.15) is 4.98 Å². The molecule has 1 saturated heterocycles. The molecule has 174 valence electrons. The summed E-state index contributed by atoms with van der Waals surface area (Å²) in [4.78, 5) is 41.2. The molecule has 1 aliphatic heterocycles. The highest BCUT2D eigenvalue weighted by Crippen LogP contribution is 2.31. The number of rotatable bonds is 6. The van der Waals surface area contributed by atoms with Gasteiger partial charge in [0.25, 0.3) is 0 Å². The van der Waals surface area contributed by atoms with Crippen molar-refractivity contribution in [2.24, 2.45) is 5.41 Å². The molecule has 0 unspecified atom stereocenters. The van der Waals surface area contributed by atoms with Crippen LogP contribution in [0.5, 0.6) is 5.88 Å². The zero-order valence-electron chi connectivity index (χ0n) is 19.4. The molecular formula is C24H29N5O4. The van der Waals surface area contributed by atoms with Crippen molar-refractivity contribution >= 4 is 28.6 Å². The third-order valence-electron chi connectivity index (χ3n) is 5.41. The van der Waals surface area contributed by atoms with Crippen molar-refractivity contribution in [3.8, 4) is 5.88 Å². The molecule has 0 radical (unpaired) electrons. The largest absolute Gasteiger partial charge is 0.471 e. The number of hydrogen-bond acceptors (Lipinski definition) is 7. The Morgan fingerprint density at radius 3 is 2.64 bits per heavy atom. The van der Waals surface area contributed by atoms with E-state index in [0.29, 0.717) is 32.1 Å². The predicted molar refractivity (Wildman–Crippen MR) is 123 cm³/mol. The minimum absolute atomic E-state index is 0.0132. The first-order chi connectivity index (χ1) is 15.8. The van der Waals surface area contributed by atoms with Crippen LogP contribution in [0.1, 0.15) is 33.4 Å². The maximum absolute atomic E-state index is 12.9. The van der Waals surface area contributed by atoms with Crippen LogP contribution in [0.3, 0.4) is 0 Å². The summed E-state index contributed by atoms with van der Waals surface area (Å²) in [5.41, 5.74) is 1.74. The van der Waals surface area contributed by atoms with Crippen LogP contribution < -0.4 is 9.64 Å². The average molecular weight is 452 g/mol. The lowest BCUT2D eigenvalue weighted by Gasteiger charge is -2.33. The fourth-order valence-corrected chi connectivity index (χ4v) is 3.53. The topological polar surface area (TPSA) is 89.8 Å². The fraction of sp³-hybridized carbons (Fsp3) is 0.417. The van der Waals surface area contributed by atoms with Crippen LogP contribution in [0.25, 0.3) is 11.0 Å². The highest BCUT2D eigenvalue weighted by Gasteiger charge is 2.32. The second-order valence-electron chi connectivity index (χ2n) is 8.97. The van der Waals surface area contributed by atoms with Gasteiger partial charge >= 0.3 is 5.97 Å². The number of aromatic nitrogens is 3. The van der Waals surface area contributed by atoms with E-state index in [1.807, 2.05) is 42.0 Å². The number of piperazine rings is 1. The third kappa shape index (κ3) is 4.98. The van der Waals surface area contributed by atoms with Crippen molar-refractivity contribution in [2.75, 3.05) is 24.5 Å². The molecule has 0 aromatic carbocycles. The van der Waals surface area contributed by atoms with Gasteiger partial charge in [0.2, 0.25) is 11.8 Å². The van der Waals surface area contributed by atoms with Gasteiger partial charge in [-0.25, -0.2) is 4.79 Å². The molecule has 9 heteroatoms. The summed E-state index contributed by atoms with van der Waals surface area (Å²) in [6.07, 6.45) is 3.67. The Hall–Kier alpha value is -3.46. The number of carbonyl (C=O) groups excluding carboxylic acids is 2. The molecule has 33 heavy (non-hydrogen) atoms. The molecule has 0 N–H and O–H groups in total. The monoisotopic (exact) mass is 451 g/mol. The van der Waals surface area contributed by atoms with Crippen LogP contribution in [0.15, 0.2) is 42.7 Å². The molecule has 0 saturated carbocycles. The average Bonchev–Trinajstić information content (AvgIpc) is 3.15. The van der Waals surface area contributed by atoms with E-state index in [2.05, 4.69) is 9.97 Å². The van der Waals surface area contributed by atoms with Crippen molar-refractivity contribution in [1.29, 1.82) is 0 Å². The number of amides is 1. The van der Waals surface area contributed by atoms with E-state index >= 15 is 0 Å². The van der Waals surface area contributed by atoms with E-state index < -0.39 is 5.41 Å². The lowest BCUT2D eigenvalue weighted by molar-refractivity contribution is -0.202. The zero-order chi connectivity index (χ0) is 23.6. The first-order valence-electron chi connectivity index (χ1n) is 11.1. The lowest BCUT2D eigenvalue weighted by atomic mass is 9.98. The number of aryl methyl sites for hydroxylation is 1. The van der Waals surface area contributed by atoms with Gasteiger partial charge in [0.1, 0.15) is 18.8 Å². The minimum Gasteiger partial charge on any atom is -0.471 e. The highest BCUT2D eigenvalue weighted by molar-refractivity contribution is 6.04. The Morgan fingerprint density at radius 1 is 1.15 bits per heavy atom. The molecule has 3 aromatic heterocycles. The van der Waals surface area contributed by atoms with Gasteiger partial charge in [-0.3, -0.25) is 9.78 Å². The first-order valence-corrected chi connectivity index (χ1v) is 11.1. The molecule has 4 rings (SSSR count). The van der Waals surface area contributed by atoms with Gasteiger partial charge in [-0.1, -0.05) is 6.07 Å². The Labute approximate surface area is 192 Å². The second-order valence-corrected chi connectivity index (χ2v) is 8.97. The molecule has 9 nitrogen and oxygen atoms in total. The van der Waals surface area contributed by atoms with Gasteiger partial charge in [-0.15, -0.1) is 5.06 Å². The number of hydroxylamine groups is 2. The van der Waals surface area contributed by atoms with Crippen molar-refractivity contribution in [1.82, 2.24) is 19.6 Å². The molecule has 0 bridgehead atoms. The number of pyridine rings is 2. The second kappa shape index (κ2) is 9.19. The molecule has 1 amide bonds. The molecule has 0 atom stereocenters. The molecule has 1 aliphatic rings. The first kappa shape index (κ1) is 22.7. The normalized spacial score (nSPS) is 15.2. The number of anilines is 1. The van der Waals surface area contributed by atoms with Crippen molar-refractivity contribution in [2.45, 2.75) is 40.8 Å². The van der Waals surface area contributed by atoms with Gasteiger partial charge in [0.05, 0.1) is 23.3 Å². The Bertz CT molecular complexity index is 1150. The summed E-state index contributed by atoms with van der Waals surface area (Å²) in [5, 5.41) is 2.31. The smallest absolute Gasteiger partial charge is 0.330 e. The van der Waals surface area contributed by atoms with E-state index in [1.54, 1.807) is 37.9 Å². The van der Waals surface area contributed by atoms with Crippen molar-refractivity contribution in [3.05, 3.63) is 48.4 Å². The van der Waals surface area contributed by atoms with E-state index in [4.69, 9.17) is 9.57 Å². The summed E-state index contributed by atoms with van der Waals surface area (Å²) in [6.45, 7) is 9.27. The van der Waals surface area contributed by atoms with Crippen molar-refractivity contribution in [3.63, 3.8) is 0 Å². The van der Waals surface area contributed by atoms with Crippen LogP contribution in [0.4, 0.5) is 5.69 Å². The molecule has 4 heterocycles. The Kier molecular flexibility index (Phi) is 6.33. The quantitative estimate of drug-likeness (QED) is 0.569. The van der Waals surface area contributed by atoms with Crippen molar-refractivity contribution < 1.29 is 19.2 Å². The van der Waals surface area contributed by atoms with Crippen LogP contribution >= 0.6 is 0 Å². The molecule has 0 aliphatic carbocycles. The van der Waals surface area contributed by atoms with Crippen LogP contribution in [-0.2, 0) is 27.6 Å². The summed E-state index contributed by atoms with van der Waals surface area (Å²) in [7, 11) is 0. The van der Waals surface area contributed by atoms with E-state index in [1.165, 1.54) is 5.06 Å². The Balaban J connectivity index is 1.51. The van der Waals surface area contributed by atoms with Gasteiger partial charge in [0, 0.05) is 36.9 Å². The number of hydrogen-bond donors (Lipinski definition) is 0. The molecule has 1 fully saturated rings. The predicted octanol–water partition coefficient (Wildman–Crippen LogP) is 3.18. The summed E-state index contributed by atoms with van der Waals surface area (Å²) >= 11 is 0. The molecule has 3 aromatic rings. The standard InChI is InChI=1S/C24H29N5O4/c1-5-27-14-19(29-13-12-28(15-21(29)30)33-23(31)24(2,3)4)18-9-10-20(26-22(18)27)32-16-17-8-6-7-11-25-17/h6-11,14H,5,12-13,15-16H2,1-4H3. The molecule has 0 spiro atoms. The van der Waals surface area contributed by atoms with Gasteiger partial charge < -0.3 is 19.0 Å². The Morgan fingerprint density at radius 2 is 1.97 bits per heavy atom. The van der Waals surface area contributed by atoms with Gasteiger partial charge in [-0.05, 0) is 45.9 Å². The summed E-state index contributed by atoms with van der Waals surface area (Å²) < 4.78 is 7.83. The lowest BCUT2D eigenvalue weighted by Crippen LogP contribution is -2.51. The maximum Gasteiger partial charge on any atom is 0.330 e. The van der Waals surface area contributed by atoms with Crippen LogP contribution in [0.2, 0.25) is 0 Å². The summed E-state index contributed by atoms with van der Waals surface area (Å²) in [5.74, 6) is 0.0140. The number of carbonyl (C=O) groups is 2. The third-order valence-corrected chi connectivity index (χ3v) is 5.41. The van der Waals surface area contributed by atoms with E-state index in [-0.39, 0.29) is 18.4 Å². The van der Waals surface area contributed by atoms with E-state index in [0.717, 1.165) is 22.4 Å². The maximum atomic E-state index is 12.9. The number of ether oxygens (including phenoxy) is 1. The van der Waals surface area contributed by atoms with E-state index in [9.17, 15) is 9.59 Å². The number of fused-ring (bicyclic) bond motifs is 1. The fourth-order valence-electron chi connectivity index (χ4n) is 3.53. The summed E-state index contributed by atoms with van der Waals surface area (Å²) in [6, 6.07) is 9.41. The van der Waals surface area contributed by atoms with Crippen LogP contribution in [0, 0.1) is 5.41 Å². The molecular weight excluding hydrogens is 422 g/mol. The number of nitrogens with zero attached hydrogens (tertiary/aromatic N) is 5. The highest BCUT2D eigenvalue weighted by atomic mass is 16.7. The zero-order valence-corrected chi connectivity index (χ0v) is 19.4.